The minimum atomic E-state index is -1.80. The van der Waals surface area contributed by atoms with Crippen molar-refractivity contribution >= 4 is 34.8 Å². The van der Waals surface area contributed by atoms with Gasteiger partial charge in [-0.1, -0.05) is 78.9 Å². The Kier molecular flexibility index (Phi) is 5.37. The first kappa shape index (κ1) is 24.8. The number of fused-ring (bicyclic) bond motifs is 5. The van der Waals surface area contributed by atoms with E-state index >= 15 is 0 Å². The van der Waals surface area contributed by atoms with Crippen LogP contribution in [0.4, 0.5) is 15.8 Å². The number of non-ortho nitro benzene ring substituents is 1. The van der Waals surface area contributed by atoms with Crippen molar-refractivity contribution in [1.82, 2.24) is 0 Å². The van der Waals surface area contributed by atoms with Gasteiger partial charge in [0, 0.05) is 46.0 Å². The molecule has 200 valence electrons. The SMILES string of the molecule is O=C(c1ccccc1)[C@H]1[C@H](c2cccc([N+](=O)[O-])c2)C2(C(=O)c3ccccc3C2=O)[C@@H]2C=Cc3cc(F)ccc3N21. The predicted molar refractivity (Wildman–Crippen MR) is 150 cm³/mol. The quantitative estimate of drug-likeness (QED) is 0.134. The Morgan fingerprint density at radius 3 is 2.22 bits per heavy atom. The van der Waals surface area contributed by atoms with Crippen LogP contribution in [-0.4, -0.2) is 34.4 Å². The molecule has 1 aliphatic carbocycles. The number of ketones is 3. The van der Waals surface area contributed by atoms with Gasteiger partial charge >= 0.3 is 0 Å². The first-order valence-corrected chi connectivity index (χ1v) is 13.1. The van der Waals surface area contributed by atoms with Gasteiger partial charge in [0.1, 0.15) is 17.3 Å². The summed E-state index contributed by atoms with van der Waals surface area (Å²) in [7, 11) is 0. The van der Waals surface area contributed by atoms with Crippen LogP contribution in [0.1, 0.15) is 48.1 Å². The normalized spacial score (nSPS) is 21.5. The molecule has 0 radical (unpaired) electrons. The second-order valence-electron chi connectivity index (χ2n) is 10.5. The van der Waals surface area contributed by atoms with E-state index in [1.807, 2.05) is 0 Å². The Morgan fingerprint density at radius 2 is 1.54 bits per heavy atom. The van der Waals surface area contributed by atoms with Crippen molar-refractivity contribution in [2.24, 2.45) is 5.41 Å². The number of nitrogens with zero attached hydrogens (tertiary/aromatic N) is 2. The Hall–Kier alpha value is -5.24. The molecule has 1 fully saturated rings. The van der Waals surface area contributed by atoms with Crippen LogP contribution in [0.3, 0.4) is 0 Å². The molecule has 0 N–H and O–H groups in total. The van der Waals surface area contributed by atoms with Gasteiger partial charge in [0.05, 0.1) is 11.0 Å². The summed E-state index contributed by atoms with van der Waals surface area (Å²) in [6, 6.07) is 23.0. The fourth-order valence-electron chi connectivity index (χ4n) is 6.93. The van der Waals surface area contributed by atoms with Crippen LogP contribution in [0.5, 0.6) is 0 Å². The number of rotatable bonds is 4. The maximum atomic E-state index is 14.6. The second kappa shape index (κ2) is 8.89. The third-order valence-electron chi connectivity index (χ3n) is 8.53. The molecule has 7 rings (SSSR count). The lowest BCUT2D eigenvalue weighted by Gasteiger charge is -2.37. The number of anilines is 1. The van der Waals surface area contributed by atoms with Crippen LogP contribution in [0, 0.1) is 21.3 Å². The highest BCUT2D eigenvalue weighted by Crippen LogP contribution is 2.61. The van der Waals surface area contributed by atoms with Crippen molar-refractivity contribution in [2.75, 3.05) is 4.90 Å². The molecule has 2 heterocycles. The minimum absolute atomic E-state index is 0.221. The Labute approximate surface area is 233 Å². The zero-order valence-corrected chi connectivity index (χ0v) is 21.4. The molecule has 2 aliphatic heterocycles. The topological polar surface area (TPSA) is 97.6 Å². The van der Waals surface area contributed by atoms with Crippen LogP contribution >= 0.6 is 0 Å². The number of halogens is 1. The van der Waals surface area contributed by atoms with Crippen LogP contribution < -0.4 is 4.90 Å². The van der Waals surface area contributed by atoms with E-state index in [-0.39, 0.29) is 22.6 Å². The van der Waals surface area contributed by atoms with Gasteiger partial charge in [-0.25, -0.2) is 4.39 Å². The molecule has 7 nitrogen and oxygen atoms in total. The molecule has 1 spiro atoms. The average molecular weight is 545 g/mol. The van der Waals surface area contributed by atoms with Crippen molar-refractivity contribution in [2.45, 2.75) is 18.0 Å². The second-order valence-corrected chi connectivity index (χ2v) is 10.5. The summed E-state index contributed by atoms with van der Waals surface area (Å²) in [5.74, 6) is -2.80. The lowest BCUT2D eigenvalue weighted by atomic mass is 9.64. The molecule has 1 saturated heterocycles. The number of hydrogen-bond acceptors (Lipinski definition) is 6. The summed E-state index contributed by atoms with van der Waals surface area (Å²) < 4.78 is 14.3. The summed E-state index contributed by atoms with van der Waals surface area (Å²) in [5.41, 5.74) is 0.164. The molecule has 0 saturated carbocycles. The van der Waals surface area contributed by atoms with E-state index in [1.54, 1.807) is 83.8 Å². The van der Waals surface area contributed by atoms with Crippen LogP contribution in [-0.2, 0) is 0 Å². The molecule has 3 aliphatic rings. The van der Waals surface area contributed by atoms with E-state index in [0.29, 0.717) is 22.4 Å². The fourth-order valence-corrected chi connectivity index (χ4v) is 6.93. The highest BCUT2D eigenvalue weighted by molar-refractivity contribution is 6.32. The highest BCUT2D eigenvalue weighted by Gasteiger charge is 2.71. The smallest absolute Gasteiger partial charge is 0.269 e. The summed E-state index contributed by atoms with van der Waals surface area (Å²) >= 11 is 0. The lowest BCUT2D eigenvalue weighted by molar-refractivity contribution is -0.384. The van der Waals surface area contributed by atoms with Crippen molar-refractivity contribution in [3.63, 3.8) is 0 Å². The Bertz CT molecular complexity index is 1800. The van der Waals surface area contributed by atoms with Crippen molar-refractivity contribution in [1.29, 1.82) is 0 Å². The molecule has 0 aromatic heterocycles. The van der Waals surface area contributed by atoms with Crippen LogP contribution in [0.2, 0.25) is 0 Å². The molecule has 0 unspecified atom stereocenters. The third kappa shape index (κ3) is 3.34. The van der Waals surface area contributed by atoms with E-state index in [2.05, 4.69) is 0 Å². The van der Waals surface area contributed by atoms with Gasteiger partial charge in [0.15, 0.2) is 17.3 Å². The van der Waals surface area contributed by atoms with Gasteiger partial charge in [-0.2, -0.15) is 0 Å². The van der Waals surface area contributed by atoms with E-state index in [4.69, 9.17) is 0 Å². The molecule has 4 aromatic carbocycles. The monoisotopic (exact) mass is 544 g/mol. The molecule has 0 bridgehead atoms. The molecule has 8 heteroatoms. The molecular weight excluding hydrogens is 523 g/mol. The summed E-state index contributed by atoms with van der Waals surface area (Å²) in [4.78, 5) is 56.7. The first-order chi connectivity index (χ1) is 19.8. The Balaban J connectivity index is 1.57. The maximum Gasteiger partial charge on any atom is 0.269 e. The summed E-state index contributed by atoms with van der Waals surface area (Å²) in [5, 5.41) is 11.8. The maximum absolute atomic E-state index is 14.6. The fraction of sp³-hybridized carbons (Fsp3) is 0.121. The average Bonchev–Trinajstić information content (AvgIpc) is 3.43. The molecule has 4 aromatic rings. The number of carbonyl (C=O) groups is 3. The van der Waals surface area contributed by atoms with Crippen LogP contribution in [0.15, 0.2) is 103 Å². The van der Waals surface area contributed by atoms with E-state index in [0.717, 1.165) is 0 Å². The van der Waals surface area contributed by atoms with E-state index in [1.165, 1.54) is 30.3 Å². The molecule has 41 heavy (non-hydrogen) atoms. The van der Waals surface area contributed by atoms with Gasteiger partial charge in [0.2, 0.25) is 0 Å². The van der Waals surface area contributed by atoms with Gasteiger partial charge in [0.25, 0.3) is 5.69 Å². The molecular formula is C33H21FN2O5. The van der Waals surface area contributed by atoms with E-state index in [9.17, 15) is 28.9 Å². The zero-order valence-electron chi connectivity index (χ0n) is 21.4. The van der Waals surface area contributed by atoms with Gasteiger partial charge in [-0.3, -0.25) is 24.5 Å². The standard InChI is InChI=1S/C33H21FN2O5/c34-22-14-15-26-20(17-22)13-16-27-33(31(38)24-11-4-5-12-25(24)32(33)39)28(21-9-6-10-23(18-21)36(40)41)29(35(26)27)30(37)19-7-2-1-3-8-19/h1-18,27-29H/t27-,28-,29+/m0/s1. The number of nitro benzene ring substituents is 1. The highest BCUT2D eigenvalue weighted by atomic mass is 19.1. The summed E-state index contributed by atoms with van der Waals surface area (Å²) in [6.45, 7) is 0. The van der Waals surface area contributed by atoms with E-state index < -0.39 is 45.7 Å². The lowest BCUT2D eigenvalue weighted by Crippen LogP contribution is -2.48. The Morgan fingerprint density at radius 1 is 0.854 bits per heavy atom. The van der Waals surface area contributed by atoms with Crippen molar-refractivity contribution < 1.29 is 23.7 Å². The largest absolute Gasteiger partial charge is 0.352 e. The van der Waals surface area contributed by atoms with Crippen molar-refractivity contribution in [3.05, 3.63) is 147 Å². The number of nitro groups is 1. The van der Waals surface area contributed by atoms with Gasteiger partial charge in [-0.15, -0.1) is 0 Å². The molecule has 0 amide bonds. The first-order valence-electron chi connectivity index (χ1n) is 13.1. The number of carbonyl (C=O) groups excluding carboxylic acids is 3. The predicted octanol–water partition coefficient (Wildman–Crippen LogP) is 6.05. The number of benzene rings is 4. The van der Waals surface area contributed by atoms with Gasteiger partial charge in [-0.05, 0) is 23.8 Å². The number of Topliss-reactive ketones (excluding diaryl/α,β-unsaturated/α-hetero) is 3. The van der Waals surface area contributed by atoms with Crippen molar-refractivity contribution in [3.8, 4) is 0 Å². The number of hydrogen-bond donors (Lipinski definition) is 0. The van der Waals surface area contributed by atoms with Crippen LogP contribution in [0.25, 0.3) is 6.08 Å². The zero-order chi connectivity index (χ0) is 28.5. The minimum Gasteiger partial charge on any atom is -0.352 e. The van der Waals surface area contributed by atoms with Gasteiger partial charge < -0.3 is 4.90 Å². The third-order valence-corrected chi connectivity index (χ3v) is 8.53. The molecule has 3 atom stereocenters. The summed E-state index contributed by atoms with van der Waals surface area (Å²) in [6.07, 6.45) is 3.36.